The fraction of sp³-hybridized carbons (Fsp3) is 0.617. The summed E-state index contributed by atoms with van der Waals surface area (Å²) in [5.41, 5.74) is 5.32. The summed E-state index contributed by atoms with van der Waals surface area (Å²) in [4.78, 5) is 23.2. The summed E-state index contributed by atoms with van der Waals surface area (Å²) in [6, 6.07) is 0. The minimum Gasteiger partial charge on any atom is -0.491 e. The van der Waals surface area contributed by atoms with Gasteiger partial charge in [0.2, 0.25) is 0 Å². The van der Waals surface area contributed by atoms with Crippen molar-refractivity contribution in [2.75, 3.05) is 106 Å². The predicted molar refractivity (Wildman–Crippen MR) is 228 cm³/mol. The van der Waals surface area contributed by atoms with Gasteiger partial charge in [0.05, 0.1) is 105 Å². The molecule has 4 rings (SSSR count). The zero-order chi connectivity index (χ0) is 44.2. The third-order valence-electron chi connectivity index (χ3n) is 10.1. The Morgan fingerprint density at radius 1 is 0.557 bits per heavy atom. The maximum Gasteiger partial charge on any atom is 0.333 e. The van der Waals surface area contributed by atoms with Crippen molar-refractivity contribution in [3.05, 3.63) is 94.6 Å². The smallest absolute Gasteiger partial charge is 0.333 e. The molecule has 4 aliphatic rings. The van der Waals surface area contributed by atoms with E-state index in [4.69, 9.17) is 56.8 Å². The number of fused-ring (bicyclic) bond motifs is 5. The molecule has 0 saturated heterocycles. The van der Waals surface area contributed by atoms with E-state index in [-0.39, 0.29) is 49.0 Å². The second-order valence-corrected chi connectivity index (χ2v) is 15.7. The van der Waals surface area contributed by atoms with E-state index < -0.39 is 11.9 Å². The average Bonchev–Trinajstić information content (AvgIpc) is 3.97. The lowest BCUT2D eigenvalue weighted by Crippen LogP contribution is -2.27. The first-order chi connectivity index (χ1) is 29.3. The molecule has 14 nitrogen and oxygen atoms in total. The highest BCUT2D eigenvalue weighted by Gasteiger charge is 2.53. The van der Waals surface area contributed by atoms with Crippen LogP contribution in [-0.2, 0) is 66.4 Å². The Hall–Kier alpha value is -3.86. The van der Waals surface area contributed by atoms with Crippen LogP contribution in [0.2, 0.25) is 0 Å². The summed E-state index contributed by atoms with van der Waals surface area (Å²) < 4.78 is 68.2. The summed E-state index contributed by atoms with van der Waals surface area (Å²) in [6.45, 7) is 26.8. The van der Waals surface area contributed by atoms with Crippen LogP contribution in [0, 0.1) is 11.3 Å². The van der Waals surface area contributed by atoms with E-state index in [1.165, 1.54) is 22.3 Å². The molecule has 6 unspecified atom stereocenters. The zero-order valence-corrected chi connectivity index (χ0v) is 37.3. The normalized spacial score (nSPS) is 20.5. The number of carbonyl (C=O) groups excluding carboxylic acids is 2. The Kier molecular flexibility index (Phi) is 21.2. The van der Waals surface area contributed by atoms with Gasteiger partial charge in [-0.1, -0.05) is 44.4 Å². The van der Waals surface area contributed by atoms with Crippen LogP contribution >= 0.6 is 0 Å². The number of rotatable bonds is 35. The van der Waals surface area contributed by atoms with Gasteiger partial charge in [-0.3, -0.25) is 0 Å². The molecule has 0 N–H and O–H groups in total. The van der Waals surface area contributed by atoms with Crippen LogP contribution in [-0.4, -0.2) is 142 Å². The number of hydrogen-bond donors (Lipinski definition) is 0. The highest BCUT2D eigenvalue weighted by atomic mass is 16.6. The highest BCUT2D eigenvalue weighted by Crippen LogP contribution is 2.62. The second kappa shape index (κ2) is 25.9. The molecule has 0 aromatic heterocycles. The first kappa shape index (κ1) is 49.8. The molecule has 0 spiro atoms. The lowest BCUT2D eigenvalue weighted by Gasteiger charge is -2.33. The maximum atomic E-state index is 11.6. The van der Waals surface area contributed by atoms with Crippen molar-refractivity contribution in [1.82, 2.24) is 0 Å². The van der Waals surface area contributed by atoms with Crippen LogP contribution in [0.3, 0.4) is 0 Å². The van der Waals surface area contributed by atoms with Crippen molar-refractivity contribution in [2.45, 2.75) is 72.9 Å². The third kappa shape index (κ3) is 15.8. The van der Waals surface area contributed by atoms with Crippen LogP contribution in [0.5, 0.6) is 0 Å². The molecule has 0 fully saturated rings. The van der Waals surface area contributed by atoms with E-state index in [1.54, 1.807) is 27.7 Å². The van der Waals surface area contributed by atoms with Crippen molar-refractivity contribution >= 4 is 11.9 Å². The van der Waals surface area contributed by atoms with Gasteiger partial charge in [0, 0.05) is 33.6 Å². The van der Waals surface area contributed by atoms with Crippen molar-refractivity contribution in [3.63, 3.8) is 0 Å². The van der Waals surface area contributed by atoms with Crippen LogP contribution < -0.4 is 0 Å². The Morgan fingerprint density at radius 2 is 1.00 bits per heavy atom. The quantitative estimate of drug-likeness (QED) is 0.0412. The summed E-state index contributed by atoms with van der Waals surface area (Å²) in [7, 11) is 0. The van der Waals surface area contributed by atoms with Gasteiger partial charge in [-0.25, -0.2) is 9.59 Å². The molecule has 0 amide bonds. The number of allylic oxidation sites excluding steroid dienone is 10. The zero-order valence-electron chi connectivity index (χ0n) is 37.3. The third-order valence-corrected chi connectivity index (χ3v) is 10.1. The molecule has 0 aliphatic heterocycles. The van der Waals surface area contributed by atoms with E-state index in [2.05, 4.69) is 56.5 Å². The standard InChI is InChI=1S/C47H68O14/c1-32(2)45(48)60-36(7)30-58-34(5)28-54-20-18-50-14-16-52-22-24-56-42-26-38-10-12-40(42)44(38)47(9)39-11-13-41(47)43(27-39)57-25-23-53-17-15-51-19-21-55-29-35(6)59-31-37(8)61-46(49)33(3)4/h10-13,26-27,34-37,44H,1,3,14-25,28-31H2,2,4-9H3. The summed E-state index contributed by atoms with van der Waals surface area (Å²) in [6.07, 6.45) is 12.0. The van der Waals surface area contributed by atoms with Crippen molar-refractivity contribution in [2.24, 2.45) is 11.3 Å². The molecule has 340 valence electrons. The monoisotopic (exact) mass is 856 g/mol. The minimum atomic E-state index is -0.421. The van der Waals surface area contributed by atoms with E-state index in [0.29, 0.717) is 104 Å². The Morgan fingerprint density at radius 3 is 1.48 bits per heavy atom. The van der Waals surface area contributed by atoms with Crippen molar-refractivity contribution < 1.29 is 66.4 Å². The Balaban J connectivity index is 0.980. The number of ether oxygens (including phenoxy) is 12. The molecule has 4 aliphatic carbocycles. The molecule has 0 aromatic carbocycles. The molecule has 61 heavy (non-hydrogen) atoms. The second-order valence-electron chi connectivity index (χ2n) is 15.7. The molecular weight excluding hydrogens is 789 g/mol. The van der Waals surface area contributed by atoms with Crippen molar-refractivity contribution in [3.8, 4) is 0 Å². The Labute approximate surface area is 362 Å². The van der Waals surface area contributed by atoms with Gasteiger partial charge in [0.15, 0.2) is 0 Å². The van der Waals surface area contributed by atoms with Gasteiger partial charge in [-0.05, 0) is 64.8 Å². The summed E-state index contributed by atoms with van der Waals surface area (Å²) in [5, 5.41) is 0. The van der Waals surface area contributed by atoms with Crippen molar-refractivity contribution in [1.29, 1.82) is 0 Å². The molecule has 0 aromatic rings. The van der Waals surface area contributed by atoms with E-state index in [0.717, 1.165) is 11.5 Å². The van der Waals surface area contributed by atoms with Gasteiger partial charge in [-0.2, -0.15) is 0 Å². The van der Waals surface area contributed by atoms with E-state index in [1.807, 2.05) is 13.8 Å². The van der Waals surface area contributed by atoms with Gasteiger partial charge in [-0.15, -0.1) is 0 Å². The van der Waals surface area contributed by atoms with E-state index >= 15 is 0 Å². The first-order valence-electron chi connectivity index (χ1n) is 21.3. The molecule has 0 radical (unpaired) electrons. The van der Waals surface area contributed by atoms with Crippen LogP contribution in [0.4, 0.5) is 0 Å². The lowest BCUT2D eigenvalue weighted by molar-refractivity contribution is -0.148. The first-order valence-corrected chi connectivity index (χ1v) is 21.3. The SMILES string of the molecule is C=C(C)C(=O)OC(C)COC(C)COCCOCCOCCOC1=CC2=CC=C1C2C1(C)C2=CC=C1C(OCCOCCOCCOCC(C)OCC(C)OC(=O)C(=C)C)=C2. The molecule has 4 bridgehead atoms. The number of hydrogen-bond acceptors (Lipinski definition) is 14. The van der Waals surface area contributed by atoms with Gasteiger partial charge < -0.3 is 56.8 Å². The molecule has 14 heteroatoms. The molecule has 0 heterocycles. The fourth-order valence-corrected chi connectivity index (χ4v) is 6.92. The highest BCUT2D eigenvalue weighted by molar-refractivity contribution is 5.87. The van der Waals surface area contributed by atoms with Gasteiger partial charge in [0.1, 0.15) is 36.9 Å². The molecular formula is C47H68O14. The average molecular weight is 857 g/mol. The lowest BCUT2D eigenvalue weighted by atomic mass is 9.69. The predicted octanol–water partition coefficient (Wildman–Crippen LogP) is 6.10. The summed E-state index contributed by atoms with van der Waals surface area (Å²) >= 11 is 0. The van der Waals surface area contributed by atoms with Gasteiger partial charge in [0.25, 0.3) is 0 Å². The van der Waals surface area contributed by atoms with Crippen LogP contribution in [0.1, 0.15) is 48.5 Å². The topological polar surface area (TPSA) is 145 Å². The fourth-order valence-electron chi connectivity index (χ4n) is 6.92. The molecule has 0 saturated carbocycles. The minimum absolute atomic E-state index is 0.142. The Bertz CT molecular complexity index is 1670. The van der Waals surface area contributed by atoms with Crippen LogP contribution in [0.15, 0.2) is 94.6 Å². The maximum absolute atomic E-state index is 11.6. The van der Waals surface area contributed by atoms with Crippen LogP contribution in [0.25, 0.3) is 0 Å². The summed E-state index contributed by atoms with van der Waals surface area (Å²) in [5.74, 6) is 1.11. The number of esters is 2. The van der Waals surface area contributed by atoms with Gasteiger partial charge >= 0.3 is 11.9 Å². The largest absolute Gasteiger partial charge is 0.491 e. The molecule has 6 atom stereocenters. The number of carbonyl (C=O) groups is 2. The van der Waals surface area contributed by atoms with E-state index in [9.17, 15) is 9.59 Å².